The summed E-state index contributed by atoms with van der Waals surface area (Å²) in [5, 5.41) is 13.1. The molecule has 10 heteroatoms. The number of rotatable bonds is 5. The van der Waals surface area contributed by atoms with Crippen molar-refractivity contribution in [2.24, 2.45) is 7.05 Å². The highest BCUT2D eigenvalue weighted by atomic mass is 16.5. The van der Waals surface area contributed by atoms with E-state index in [0.29, 0.717) is 42.4 Å². The van der Waals surface area contributed by atoms with Crippen LogP contribution in [0.25, 0.3) is 22.6 Å². The number of aromatic nitrogens is 6. The van der Waals surface area contributed by atoms with Crippen LogP contribution in [-0.4, -0.2) is 59.3 Å². The molecule has 0 radical (unpaired) electrons. The summed E-state index contributed by atoms with van der Waals surface area (Å²) in [5.74, 6) is 0.755. The second-order valence-electron chi connectivity index (χ2n) is 7.04. The Bertz CT molecular complexity index is 1110. The summed E-state index contributed by atoms with van der Waals surface area (Å²) in [5.41, 5.74) is 3.08. The summed E-state index contributed by atoms with van der Waals surface area (Å²) in [6, 6.07) is 1.90. The molecular weight excluding hydrogens is 372 g/mol. The molecule has 1 fully saturated rings. The van der Waals surface area contributed by atoms with Crippen molar-refractivity contribution >= 4 is 17.1 Å². The van der Waals surface area contributed by atoms with E-state index in [2.05, 4.69) is 20.1 Å². The van der Waals surface area contributed by atoms with Gasteiger partial charge in [0.1, 0.15) is 12.5 Å². The lowest BCUT2D eigenvalue weighted by atomic mass is 10.2. The Kier molecular flexibility index (Phi) is 4.88. The molecule has 3 aromatic rings. The molecule has 10 nitrogen and oxygen atoms in total. The van der Waals surface area contributed by atoms with Crippen molar-refractivity contribution < 1.29 is 9.53 Å². The molecule has 0 aliphatic carbocycles. The van der Waals surface area contributed by atoms with E-state index in [1.807, 2.05) is 36.2 Å². The molecule has 3 aromatic heterocycles. The zero-order valence-electron chi connectivity index (χ0n) is 16.7. The Morgan fingerprint density at radius 1 is 1.41 bits per heavy atom. The van der Waals surface area contributed by atoms with E-state index < -0.39 is 0 Å². The number of nitriles is 1. The van der Waals surface area contributed by atoms with Crippen LogP contribution in [0.5, 0.6) is 5.88 Å². The van der Waals surface area contributed by atoms with Crippen molar-refractivity contribution in [2.75, 3.05) is 13.1 Å². The van der Waals surface area contributed by atoms with Crippen LogP contribution in [0.2, 0.25) is 0 Å². The fourth-order valence-electron chi connectivity index (χ4n) is 3.56. The van der Waals surface area contributed by atoms with Gasteiger partial charge in [-0.25, -0.2) is 9.97 Å². The number of likely N-dealkylation sites (tertiary alicyclic amines) is 1. The fraction of sp³-hybridized carbons (Fsp3) is 0.474. The third-order valence-corrected chi connectivity index (χ3v) is 5.18. The summed E-state index contributed by atoms with van der Waals surface area (Å²) in [6.45, 7) is 5.78. The van der Waals surface area contributed by atoms with Gasteiger partial charge < -0.3 is 14.2 Å². The SMILES string of the molecule is CCn1ncc(-c2nc(O[C@H]3CCN(C(=O)CC#N)C3)c3ncn(C)c3n2)c1C. The van der Waals surface area contributed by atoms with E-state index in [9.17, 15) is 4.79 Å². The van der Waals surface area contributed by atoms with Gasteiger partial charge in [0.15, 0.2) is 17.0 Å². The lowest BCUT2D eigenvalue weighted by Crippen LogP contribution is -2.30. The highest BCUT2D eigenvalue weighted by Crippen LogP contribution is 2.29. The molecule has 1 atom stereocenters. The summed E-state index contributed by atoms with van der Waals surface area (Å²) < 4.78 is 9.88. The number of hydrogen-bond donors (Lipinski definition) is 0. The highest BCUT2D eigenvalue weighted by molar-refractivity contribution is 5.80. The standard InChI is InChI=1S/C19H22N8O2/c1-4-27-12(2)14(9-22-27)17-23-18-16(21-11-25(18)3)19(24-17)29-13-6-8-26(10-13)15(28)5-7-20/h9,11,13H,4-6,8,10H2,1-3H3/t13-/m0/s1. The molecule has 4 heterocycles. The minimum Gasteiger partial charge on any atom is -0.471 e. The number of hydrogen-bond acceptors (Lipinski definition) is 7. The zero-order chi connectivity index (χ0) is 20.5. The number of carbonyl (C=O) groups excluding carboxylic acids is 1. The number of fused-ring (bicyclic) bond motifs is 1. The van der Waals surface area contributed by atoms with Crippen LogP contribution in [-0.2, 0) is 18.4 Å². The van der Waals surface area contributed by atoms with Crippen LogP contribution in [0.4, 0.5) is 0 Å². The number of carbonyl (C=O) groups is 1. The average molecular weight is 394 g/mol. The number of aryl methyl sites for hydroxylation is 2. The van der Waals surface area contributed by atoms with Crippen LogP contribution in [0.15, 0.2) is 12.5 Å². The molecule has 0 spiro atoms. The molecule has 1 aliphatic heterocycles. The minimum absolute atomic E-state index is 0.116. The van der Waals surface area contributed by atoms with E-state index in [1.54, 1.807) is 17.4 Å². The van der Waals surface area contributed by atoms with Crippen molar-refractivity contribution in [1.29, 1.82) is 5.26 Å². The van der Waals surface area contributed by atoms with Gasteiger partial charge in [0, 0.05) is 32.3 Å². The van der Waals surface area contributed by atoms with E-state index in [4.69, 9.17) is 10.00 Å². The maximum atomic E-state index is 12.0. The Labute approximate surface area is 167 Å². The van der Waals surface area contributed by atoms with Gasteiger partial charge in [0.2, 0.25) is 11.8 Å². The molecule has 4 rings (SSSR count). The molecule has 1 amide bonds. The third kappa shape index (κ3) is 3.40. The van der Waals surface area contributed by atoms with Crippen LogP contribution < -0.4 is 4.74 Å². The average Bonchev–Trinajstić information content (AvgIpc) is 3.41. The van der Waals surface area contributed by atoms with Gasteiger partial charge in [0.25, 0.3) is 0 Å². The maximum Gasteiger partial charge on any atom is 0.246 e. The first kappa shape index (κ1) is 18.9. The second kappa shape index (κ2) is 7.50. The molecule has 150 valence electrons. The third-order valence-electron chi connectivity index (χ3n) is 5.18. The van der Waals surface area contributed by atoms with Gasteiger partial charge in [-0.2, -0.15) is 15.3 Å². The quantitative estimate of drug-likeness (QED) is 0.643. The van der Waals surface area contributed by atoms with Crippen molar-refractivity contribution in [2.45, 2.75) is 39.3 Å². The molecule has 0 saturated carbocycles. The van der Waals surface area contributed by atoms with Gasteiger partial charge >= 0.3 is 0 Å². The normalized spacial score (nSPS) is 16.3. The van der Waals surface area contributed by atoms with E-state index in [-0.39, 0.29) is 18.4 Å². The Hall–Kier alpha value is -3.48. The molecule has 0 unspecified atom stereocenters. The molecule has 1 saturated heterocycles. The molecule has 1 aliphatic rings. The molecule has 0 aromatic carbocycles. The second-order valence-corrected chi connectivity index (χ2v) is 7.04. The first-order valence-corrected chi connectivity index (χ1v) is 9.55. The van der Waals surface area contributed by atoms with Crippen LogP contribution in [0, 0.1) is 18.3 Å². The van der Waals surface area contributed by atoms with Crippen molar-refractivity contribution in [3.8, 4) is 23.3 Å². The number of ether oxygens (including phenoxy) is 1. The van der Waals surface area contributed by atoms with E-state index >= 15 is 0 Å². The highest BCUT2D eigenvalue weighted by Gasteiger charge is 2.29. The predicted molar refractivity (Wildman–Crippen MR) is 104 cm³/mol. The molecular formula is C19H22N8O2. The Morgan fingerprint density at radius 3 is 2.97 bits per heavy atom. The van der Waals surface area contributed by atoms with Gasteiger partial charge in [-0.05, 0) is 13.8 Å². The van der Waals surface area contributed by atoms with Crippen LogP contribution in [0.1, 0.15) is 25.5 Å². The number of amides is 1. The van der Waals surface area contributed by atoms with Gasteiger partial charge in [-0.1, -0.05) is 0 Å². The summed E-state index contributed by atoms with van der Waals surface area (Å²) in [7, 11) is 1.87. The largest absolute Gasteiger partial charge is 0.471 e. The lowest BCUT2D eigenvalue weighted by Gasteiger charge is -2.16. The topological polar surface area (TPSA) is 115 Å². The van der Waals surface area contributed by atoms with Gasteiger partial charge in [-0.3, -0.25) is 9.48 Å². The smallest absolute Gasteiger partial charge is 0.246 e. The molecule has 29 heavy (non-hydrogen) atoms. The molecule has 0 bridgehead atoms. The van der Waals surface area contributed by atoms with Crippen LogP contribution in [0.3, 0.4) is 0 Å². The van der Waals surface area contributed by atoms with Gasteiger partial charge in [0.05, 0.1) is 30.7 Å². The lowest BCUT2D eigenvalue weighted by molar-refractivity contribution is -0.129. The minimum atomic E-state index is -0.204. The van der Waals surface area contributed by atoms with Gasteiger partial charge in [-0.15, -0.1) is 0 Å². The van der Waals surface area contributed by atoms with Crippen molar-refractivity contribution in [3.05, 3.63) is 18.2 Å². The number of nitrogens with zero attached hydrogens (tertiary/aromatic N) is 8. The predicted octanol–water partition coefficient (Wildman–Crippen LogP) is 1.45. The Balaban J connectivity index is 1.66. The van der Waals surface area contributed by atoms with E-state index in [0.717, 1.165) is 17.8 Å². The van der Waals surface area contributed by atoms with E-state index in [1.165, 1.54) is 0 Å². The summed E-state index contributed by atoms with van der Waals surface area (Å²) in [4.78, 5) is 27.3. The Morgan fingerprint density at radius 2 is 2.24 bits per heavy atom. The first-order chi connectivity index (χ1) is 14.0. The molecule has 0 N–H and O–H groups in total. The summed E-state index contributed by atoms with van der Waals surface area (Å²) in [6.07, 6.45) is 3.80. The number of imidazole rings is 1. The summed E-state index contributed by atoms with van der Waals surface area (Å²) >= 11 is 0. The fourth-order valence-corrected chi connectivity index (χ4v) is 3.56. The van der Waals surface area contributed by atoms with Crippen molar-refractivity contribution in [1.82, 2.24) is 34.2 Å². The van der Waals surface area contributed by atoms with Crippen molar-refractivity contribution in [3.63, 3.8) is 0 Å². The first-order valence-electron chi connectivity index (χ1n) is 9.55. The maximum absolute atomic E-state index is 12.0. The van der Waals surface area contributed by atoms with Crippen LogP contribution >= 0.6 is 0 Å². The zero-order valence-corrected chi connectivity index (χ0v) is 16.7. The monoisotopic (exact) mass is 394 g/mol.